The predicted octanol–water partition coefficient (Wildman–Crippen LogP) is 2.44. The Bertz CT molecular complexity index is 487. The molecule has 0 spiro atoms. The smallest absolute Gasteiger partial charge is 0.178 e. The van der Waals surface area contributed by atoms with Crippen LogP contribution in [-0.2, 0) is 0 Å². The topological polar surface area (TPSA) is 43.1 Å². The van der Waals surface area contributed by atoms with Gasteiger partial charge in [0.05, 0.1) is 0 Å². The minimum absolute atomic E-state index is 0.488. The average Bonchev–Trinajstić information content (AvgIpc) is 2.83. The maximum absolute atomic E-state index is 5.87. The van der Waals surface area contributed by atoms with Crippen LogP contribution in [-0.4, -0.2) is 19.8 Å². The molecule has 3 rings (SSSR count). The Morgan fingerprint density at radius 2 is 2.00 bits per heavy atom. The molecule has 1 aliphatic carbocycles. The fraction of sp³-hybridized carbons (Fsp3) is 0.500. The zero-order valence-corrected chi connectivity index (χ0v) is 8.98. The molecule has 0 radical (unpaired) electrons. The fourth-order valence-electron chi connectivity index (χ4n) is 2.22. The minimum Gasteiger partial charge on any atom is -0.196 e. The third kappa shape index (κ3) is 1.49. The van der Waals surface area contributed by atoms with E-state index in [1.165, 1.54) is 25.7 Å². The Morgan fingerprint density at radius 3 is 2.80 bits per heavy atom. The average molecular weight is 223 g/mol. The summed E-state index contributed by atoms with van der Waals surface area (Å²) in [6.07, 6.45) is 4.93. The van der Waals surface area contributed by atoms with Crippen LogP contribution in [0.15, 0.2) is 12.1 Å². The van der Waals surface area contributed by atoms with Gasteiger partial charge in [-0.05, 0) is 25.0 Å². The van der Waals surface area contributed by atoms with Crippen molar-refractivity contribution in [3.63, 3.8) is 0 Å². The molecule has 0 saturated heterocycles. The second kappa shape index (κ2) is 3.45. The molecule has 1 aliphatic rings. The van der Waals surface area contributed by atoms with E-state index in [-0.39, 0.29) is 0 Å². The number of halogens is 1. The molecule has 0 N–H and O–H groups in total. The van der Waals surface area contributed by atoms with Crippen molar-refractivity contribution >= 4 is 17.2 Å². The Labute approximate surface area is 92.3 Å². The van der Waals surface area contributed by atoms with Gasteiger partial charge >= 0.3 is 0 Å². The first-order valence-corrected chi connectivity index (χ1v) is 5.60. The second-order valence-electron chi connectivity index (χ2n) is 3.97. The van der Waals surface area contributed by atoms with Crippen molar-refractivity contribution < 1.29 is 0 Å². The van der Waals surface area contributed by atoms with Crippen LogP contribution < -0.4 is 0 Å². The highest BCUT2D eigenvalue weighted by atomic mass is 35.5. The Balaban J connectivity index is 2.13. The van der Waals surface area contributed by atoms with Gasteiger partial charge in [0.25, 0.3) is 0 Å². The number of hydrogen-bond acceptors (Lipinski definition) is 3. The van der Waals surface area contributed by atoms with Crippen LogP contribution in [0.1, 0.15) is 37.4 Å². The van der Waals surface area contributed by atoms with Crippen molar-refractivity contribution in [3.05, 3.63) is 23.1 Å². The van der Waals surface area contributed by atoms with Gasteiger partial charge < -0.3 is 0 Å². The summed E-state index contributed by atoms with van der Waals surface area (Å²) < 4.78 is 1.78. The predicted molar refractivity (Wildman–Crippen MR) is 57.0 cm³/mol. The first kappa shape index (κ1) is 9.09. The van der Waals surface area contributed by atoms with E-state index in [2.05, 4.69) is 15.3 Å². The van der Waals surface area contributed by atoms with E-state index in [9.17, 15) is 0 Å². The van der Waals surface area contributed by atoms with Gasteiger partial charge in [0.2, 0.25) is 0 Å². The molecule has 0 bridgehead atoms. The monoisotopic (exact) mass is 222 g/mol. The molecule has 2 aromatic heterocycles. The number of aromatic nitrogens is 4. The quantitative estimate of drug-likeness (QED) is 0.744. The largest absolute Gasteiger partial charge is 0.196 e. The summed E-state index contributed by atoms with van der Waals surface area (Å²) in [5.41, 5.74) is 0.779. The normalized spacial score (nSPS) is 17.7. The highest BCUT2D eigenvalue weighted by Crippen LogP contribution is 2.32. The zero-order chi connectivity index (χ0) is 10.3. The van der Waals surface area contributed by atoms with Gasteiger partial charge in [0, 0.05) is 5.92 Å². The molecule has 1 saturated carbocycles. The molecule has 0 atom stereocenters. The lowest BCUT2D eigenvalue weighted by Gasteiger charge is -2.05. The summed E-state index contributed by atoms with van der Waals surface area (Å²) in [6.45, 7) is 0. The highest BCUT2D eigenvalue weighted by Gasteiger charge is 2.22. The van der Waals surface area contributed by atoms with Crippen LogP contribution >= 0.6 is 11.6 Å². The van der Waals surface area contributed by atoms with Gasteiger partial charge in [-0.15, -0.1) is 10.2 Å². The van der Waals surface area contributed by atoms with Crippen LogP contribution in [0, 0.1) is 0 Å². The zero-order valence-electron chi connectivity index (χ0n) is 8.23. The molecule has 78 valence electrons. The second-order valence-corrected chi connectivity index (χ2v) is 4.35. The molecular formula is C10H11ClN4. The van der Waals surface area contributed by atoms with Crippen LogP contribution in [0.2, 0.25) is 5.15 Å². The standard InChI is InChI=1S/C10H11ClN4/c11-8-5-6-9-12-13-10(15(9)14-8)7-3-1-2-4-7/h5-7H,1-4H2. The van der Waals surface area contributed by atoms with Crippen molar-refractivity contribution in [1.82, 2.24) is 19.8 Å². The minimum atomic E-state index is 0.488. The van der Waals surface area contributed by atoms with Crippen molar-refractivity contribution in [3.8, 4) is 0 Å². The molecule has 0 unspecified atom stereocenters. The highest BCUT2D eigenvalue weighted by molar-refractivity contribution is 6.29. The molecular weight excluding hydrogens is 212 g/mol. The molecule has 0 aliphatic heterocycles. The maximum atomic E-state index is 5.87. The van der Waals surface area contributed by atoms with Gasteiger partial charge in [-0.3, -0.25) is 0 Å². The molecule has 1 fully saturated rings. The Kier molecular flexibility index (Phi) is 2.09. The summed E-state index contributed by atoms with van der Waals surface area (Å²) in [7, 11) is 0. The summed E-state index contributed by atoms with van der Waals surface area (Å²) in [4.78, 5) is 0. The number of hydrogen-bond donors (Lipinski definition) is 0. The fourth-order valence-corrected chi connectivity index (χ4v) is 2.36. The summed E-state index contributed by atoms with van der Waals surface area (Å²) >= 11 is 5.87. The van der Waals surface area contributed by atoms with Gasteiger partial charge in [-0.1, -0.05) is 24.4 Å². The van der Waals surface area contributed by atoms with E-state index >= 15 is 0 Å². The lowest BCUT2D eigenvalue weighted by Crippen LogP contribution is -2.03. The molecule has 15 heavy (non-hydrogen) atoms. The maximum Gasteiger partial charge on any atom is 0.178 e. The van der Waals surface area contributed by atoms with Crippen LogP contribution in [0.4, 0.5) is 0 Å². The van der Waals surface area contributed by atoms with Crippen molar-refractivity contribution in [2.75, 3.05) is 0 Å². The van der Waals surface area contributed by atoms with Crippen molar-refractivity contribution in [1.29, 1.82) is 0 Å². The van der Waals surface area contributed by atoms with Crippen LogP contribution in [0.25, 0.3) is 5.65 Å². The van der Waals surface area contributed by atoms with Crippen molar-refractivity contribution in [2.45, 2.75) is 31.6 Å². The van der Waals surface area contributed by atoms with Gasteiger partial charge in [0.15, 0.2) is 11.5 Å². The van der Waals surface area contributed by atoms with Crippen LogP contribution in [0.3, 0.4) is 0 Å². The first-order chi connectivity index (χ1) is 7.34. The summed E-state index contributed by atoms with van der Waals surface area (Å²) in [6, 6.07) is 3.59. The third-order valence-electron chi connectivity index (χ3n) is 2.97. The lowest BCUT2D eigenvalue weighted by atomic mass is 10.1. The molecule has 4 nitrogen and oxygen atoms in total. The van der Waals surface area contributed by atoms with Gasteiger partial charge in [-0.2, -0.15) is 9.61 Å². The van der Waals surface area contributed by atoms with Gasteiger partial charge in [0.1, 0.15) is 5.15 Å². The number of fused-ring (bicyclic) bond motifs is 1. The Morgan fingerprint density at radius 1 is 1.20 bits per heavy atom. The van der Waals surface area contributed by atoms with E-state index in [0.717, 1.165) is 11.5 Å². The summed E-state index contributed by atoms with van der Waals surface area (Å²) in [5.74, 6) is 1.47. The SMILES string of the molecule is Clc1ccc2nnc(C3CCCC3)n2n1. The lowest BCUT2D eigenvalue weighted by molar-refractivity contribution is 0.638. The van der Waals surface area contributed by atoms with Crippen molar-refractivity contribution in [2.24, 2.45) is 0 Å². The molecule has 2 heterocycles. The molecule has 2 aromatic rings. The summed E-state index contributed by atoms with van der Waals surface area (Å²) in [5, 5.41) is 13.0. The van der Waals surface area contributed by atoms with E-state index in [1.807, 2.05) is 6.07 Å². The first-order valence-electron chi connectivity index (χ1n) is 5.22. The molecule has 0 amide bonds. The Hall–Kier alpha value is -1.16. The third-order valence-corrected chi connectivity index (χ3v) is 3.18. The van der Waals surface area contributed by atoms with Gasteiger partial charge in [-0.25, -0.2) is 0 Å². The number of nitrogens with zero attached hydrogens (tertiary/aromatic N) is 4. The van der Waals surface area contributed by atoms with E-state index in [0.29, 0.717) is 11.1 Å². The van der Waals surface area contributed by atoms with E-state index in [1.54, 1.807) is 10.6 Å². The van der Waals surface area contributed by atoms with E-state index < -0.39 is 0 Å². The van der Waals surface area contributed by atoms with Crippen LogP contribution in [0.5, 0.6) is 0 Å². The van der Waals surface area contributed by atoms with E-state index in [4.69, 9.17) is 11.6 Å². The number of rotatable bonds is 1. The molecule has 0 aromatic carbocycles. The molecule has 5 heteroatoms.